The average molecular weight is 268 g/mol. The predicted molar refractivity (Wildman–Crippen MR) is 64.8 cm³/mol. The highest BCUT2D eigenvalue weighted by atomic mass is 32.2. The molecule has 0 unspecified atom stereocenters. The minimum absolute atomic E-state index is 0.142. The number of nitrogen functional groups attached to an aromatic ring is 1. The summed E-state index contributed by atoms with van der Waals surface area (Å²) >= 11 is 0. The molecule has 18 heavy (non-hydrogen) atoms. The van der Waals surface area contributed by atoms with E-state index in [1.54, 1.807) is 12.1 Å². The summed E-state index contributed by atoms with van der Waals surface area (Å²) in [5.74, 6) is 0. The molecule has 2 aromatic rings. The van der Waals surface area contributed by atoms with Gasteiger partial charge in [-0.25, -0.2) is 0 Å². The molecule has 0 heterocycles. The van der Waals surface area contributed by atoms with Gasteiger partial charge in [-0.3, -0.25) is 14.7 Å². The third-order valence-electron chi connectivity index (χ3n) is 2.47. The molecule has 0 radical (unpaired) electrons. The lowest BCUT2D eigenvalue weighted by molar-refractivity contribution is -0.383. The van der Waals surface area contributed by atoms with Crippen LogP contribution < -0.4 is 5.73 Å². The van der Waals surface area contributed by atoms with E-state index in [-0.39, 0.29) is 5.39 Å². The summed E-state index contributed by atoms with van der Waals surface area (Å²) in [5.41, 5.74) is 4.33. The van der Waals surface area contributed by atoms with E-state index in [0.717, 1.165) is 0 Å². The molecule has 0 aliphatic heterocycles. The number of nitro benzene ring substituents is 1. The van der Waals surface area contributed by atoms with Crippen LogP contribution in [0.1, 0.15) is 0 Å². The zero-order valence-corrected chi connectivity index (χ0v) is 9.72. The van der Waals surface area contributed by atoms with Gasteiger partial charge in [-0.1, -0.05) is 24.3 Å². The van der Waals surface area contributed by atoms with Crippen LogP contribution in [0.3, 0.4) is 0 Å². The molecular weight excluding hydrogens is 260 g/mol. The first kappa shape index (κ1) is 12.3. The zero-order chi connectivity index (χ0) is 13.5. The van der Waals surface area contributed by atoms with E-state index in [1.165, 1.54) is 18.2 Å². The number of fused-ring (bicyclic) bond motifs is 1. The number of rotatable bonds is 2. The molecule has 94 valence electrons. The number of nitrogens with zero attached hydrogens (tertiary/aromatic N) is 1. The monoisotopic (exact) mass is 268 g/mol. The molecular formula is C10H8N2O5S. The van der Waals surface area contributed by atoms with Crippen molar-refractivity contribution in [2.75, 3.05) is 5.73 Å². The fourth-order valence-corrected chi connectivity index (χ4v) is 2.59. The van der Waals surface area contributed by atoms with Crippen LogP contribution in [0.5, 0.6) is 0 Å². The molecule has 0 amide bonds. The quantitative estimate of drug-likeness (QED) is 0.369. The van der Waals surface area contributed by atoms with Crippen molar-refractivity contribution in [3.8, 4) is 0 Å². The summed E-state index contributed by atoms with van der Waals surface area (Å²) in [5, 5.41) is 11.2. The summed E-state index contributed by atoms with van der Waals surface area (Å²) in [6, 6.07) is 7.21. The van der Waals surface area contributed by atoms with E-state index in [4.69, 9.17) is 10.3 Å². The Morgan fingerprint density at radius 3 is 2.44 bits per heavy atom. The summed E-state index contributed by atoms with van der Waals surface area (Å²) in [6.45, 7) is 0. The van der Waals surface area contributed by atoms with E-state index in [0.29, 0.717) is 5.39 Å². The number of benzene rings is 2. The lowest BCUT2D eigenvalue weighted by atomic mass is 10.1. The maximum Gasteiger partial charge on any atom is 0.297 e. The van der Waals surface area contributed by atoms with Crippen molar-refractivity contribution in [1.82, 2.24) is 0 Å². The lowest BCUT2D eigenvalue weighted by Gasteiger charge is -2.07. The van der Waals surface area contributed by atoms with Crippen molar-refractivity contribution < 1.29 is 17.9 Å². The molecule has 0 spiro atoms. The Hall–Kier alpha value is -2.19. The zero-order valence-electron chi connectivity index (χ0n) is 8.90. The van der Waals surface area contributed by atoms with Crippen LogP contribution >= 0.6 is 0 Å². The normalized spacial score (nSPS) is 11.6. The SMILES string of the molecule is Nc1c([N+](=O)[O-])cc2ccccc2c1S(=O)(=O)O. The molecule has 2 rings (SSSR count). The molecule has 3 N–H and O–H groups in total. The number of hydrogen-bond donors (Lipinski definition) is 2. The Balaban J connectivity index is 3.05. The summed E-state index contributed by atoms with van der Waals surface area (Å²) in [4.78, 5) is 9.37. The summed E-state index contributed by atoms with van der Waals surface area (Å²) < 4.78 is 31.7. The average Bonchev–Trinajstić information content (AvgIpc) is 2.25. The molecule has 2 aromatic carbocycles. The van der Waals surface area contributed by atoms with Crippen molar-refractivity contribution in [1.29, 1.82) is 0 Å². The van der Waals surface area contributed by atoms with Crippen LogP contribution in [0.15, 0.2) is 35.2 Å². The smallest absolute Gasteiger partial charge is 0.297 e. The number of hydrogen-bond acceptors (Lipinski definition) is 5. The van der Waals surface area contributed by atoms with Crippen LogP contribution in [0.4, 0.5) is 11.4 Å². The largest absolute Gasteiger partial charge is 0.392 e. The second-order valence-electron chi connectivity index (χ2n) is 3.59. The van der Waals surface area contributed by atoms with Crippen molar-refractivity contribution in [2.24, 2.45) is 0 Å². The minimum atomic E-state index is -4.65. The van der Waals surface area contributed by atoms with Gasteiger partial charge in [-0.2, -0.15) is 8.42 Å². The highest BCUT2D eigenvalue weighted by molar-refractivity contribution is 7.86. The second-order valence-corrected chi connectivity index (χ2v) is 4.95. The number of anilines is 1. The first-order chi connectivity index (χ1) is 8.32. The van der Waals surface area contributed by atoms with Gasteiger partial charge in [-0.15, -0.1) is 0 Å². The Morgan fingerprint density at radius 2 is 1.89 bits per heavy atom. The fourth-order valence-electron chi connectivity index (χ4n) is 1.75. The van der Waals surface area contributed by atoms with E-state index in [1.807, 2.05) is 0 Å². The van der Waals surface area contributed by atoms with Gasteiger partial charge in [0, 0.05) is 11.5 Å². The van der Waals surface area contributed by atoms with Crippen LogP contribution in [0, 0.1) is 10.1 Å². The molecule has 0 aromatic heterocycles. The molecule has 0 saturated heterocycles. The minimum Gasteiger partial charge on any atom is -0.392 e. The third kappa shape index (κ3) is 1.87. The van der Waals surface area contributed by atoms with Crippen LogP contribution in [-0.4, -0.2) is 17.9 Å². The first-order valence-corrected chi connectivity index (χ1v) is 6.19. The Bertz CT molecular complexity index is 754. The van der Waals surface area contributed by atoms with E-state index < -0.39 is 31.3 Å². The van der Waals surface area contributed by atoms with E-state index in [9.17, 15) is 18.5 Å². The maximum atomic E-state index is 11.3. The highest BCUT2D eigenvalue weighted by Gasteiger charge is 2.25. The Kier molecular flexibility index (Phi) is 2.68. The van der Waals surface area contributed by atoms with Gasteiger partial charge in [0.2, 0.25) is 0 Å². The molecule has 8 heteroatoms. The predicted octanol–water partition coefficient (Wildman–Crippen LogP) is 1.58. The van der Waals surface area contributed by atoms with Crippen molar-refractivity contribution in [2.45, 2.75) is 4.90 Å². The highest BCUT2D eigenvalue weighted by Crippen LogP contribution is 2.35. The number of nitrogens with two attached hydrogens (primary N) is 1. The summed E-state index contributed by atoms with van der Waals surface area (Å²) in [6.07, 6.45) is 0. The van der Waals surface area contributed by atoms with Crippen molar-refractivity contribution >= 4 is 32.3 Å². The van der Waals surface area contributed by atoms with Gasteiger partial charge >= 0.3 is 0 Å². The molecule has 0 bridgehead atoms. The molecule has 0 aliphatic rings. The van der Waals surface area contributed by atoms with Gasteiger partial charge in [0.05, 0.1) is 4.92 Å². The van der Waals surface area contributed by atoms with Gasteiger partial charge in [0.15, 0.2) is 0 Å². The van der Waals surface area contributed by atoms with Crippen LogP contribution in [0.25, 0.3) is 10.8 Å². The molecule has 0 fully saturated rings. The molecule has 0 atom stereocenters. The maximum absolute atomic E-state index is 11.3. The van der Waals surface area contributed by atoms with Crippen molar-refractivity contribution in [3.05, 3.63) is 40.4 Å². The second kappa shape index (κ2) is 3.93. The van der Waals surface area contributed by atoms with Gasteiger partial charge in [0.1, 0.15) is 10.6 Å². The van der Waals surface area contributed by atoms with Gasteiger partial charge < -0.3 is 5.73 Å². The summed E-state index contributed by atoms with van der Waals surface area (Å²) in [7, 11) is -4.65. The molecule has 0 saturated carbocycles. The first-order valence-electron chi connectivity index (χ1n) is 4.75. The Labute approximate surface area is 102 Å². The van der Waals surface area contributed by atoms with E-state index >= 15 is 0 Å². The van der Waals surface area contributed by atoms with Crippen LogP contribution in [0.2, 0.25) is 0 Å². The van der Waals surface area contributed by atoms with Gasteiger partial charge in [0.25, 0.3) is 15.8 Å². The van der Waals surface area contributed by atoms with E-state index in [2.05, 4.69) is 0 Å². The van der Waals surface area contributed by atoms with Gasteiger partial charge in [-0.05, 0) is 5.39 Å². The molecule has 7 nitrogen and oxygen atoms in total. The van der Waals surface area contributed by atoms with Crippen LogP contribution in [-0.2, 0) is 10.1 Å². The lowest BCUT2D eigenvalue weighted by Crippen LogP contribution is -2.07. The topological polar surface area (TPSA) is 124 Å². The molecule has 0 aliphatic carbocycles. The standard InChI is InChI=1S/C10H8N2O5S/c11-9-8(12(13)14)5-6-3-1-2-4-7(6)10(9)18(15,16)17/h1-5H,11H2,(H,15,16,17). The Morgan fingerprint density at radius 1 is 1.28 bits per heavy atom. The van der Waals surface area contributed by atoms with Crippen molar-refractivity contribution in [3.63, 3.8) is 0 Å². The number of nitro groups is 1. The third-order valence-corrected chi connectivity index (χ3v) is 3.43. The fraction of sp³-hybridized carbons (Fsp3) is 0.